The largest absolute Gasteiger partial charge is 0.393 e. The van der Waals surface area contributed by atoms with Gasteiger partial charge in [0, 0.05) is 18.3 Å². The predicted molar refractivity (Wildman–Crippen MR) is 58.5 cm³/mol. The van der Waals surface area contributed by atoms with Crippen LogP contribution in [0.4, 0.5) is 0 Å². The van der Waals surface area contributed by atoms with Gasteiger partial charge >= 0.3 is 0 Å². The third-order valence-corrected chi connectivity index (χ3v) is 2.72. The van der Waals surface area contributed by atoms with Crippen molar-refractivity contribution in [3.63, 3.8) is 0 Å². The summed E-state index contributed by atoms with van der Waals surface area (Å²) in [6.07, 6.45) is 2.93. The average molecular weight is 214 g/mol. The minimum atomic E-state index is -0.394. The van der Waals surface area contributed by atoms with Gasteiger partial charge in [0.15, 0.2) is 0 Å². The minimum Gasteiger partial charge on any atom is -0.393 e. The summed E-state index contributed by atoms with van der Waals surface area (Å²) in [5, 5.41) is 10.3. The Morgan fingerprint density at radius 1 is 1.36 bits per heavy atom. The summed E-state index contributed by atoms with van der Waals surface area (Å²) >= 11 is 6.03. The Morgan fingerprint density at radius 2 is 2.00 bits per heavy atom. The zero-order valence-electron chi connectivity index (χ0n) is 8.74. The number of aliphatic hydroxyl groups excluding tert-OH is 1. The molecule has 78 valence electrons. The van der Waals surface area contributed by atoms with Crippen LogP contribution < -0.4 is 0 Å². The summed E-state index contributed by atoms with van der Waals surface area (Å²) in [4.78, 5) is 3.93. The highest BCUT2D eigenvalue weighted by Gasteiger charge is 2.22. The molecule has 0 aromatic carbocycles. The first-order chi connectivity index (χ1) is 6.54. The van der Waals surface area contributed by atoms with E-state index in [9.17, 15) is 5.11 Å². The summed E-state index contributed by atoms with van der Waals surface area (Å²) in [6.45, 7) is 5.95. The van der Waals surface area contributed by atoms with Gasteiger partial charge < -0.3 is 5.11 Å². The first-order valence-corrected chi connectivity index (χ1v) is 5.19. The van der Waals surface area contributed by atoms with Gasteiger partial charge in [-0.25, -0.2) is 0 Å². The molecule has 2 nitrogen and oxygen atoms in total. The van der Waals surface area contributed by atoms with E-state index in [1.54, 1.807) is 19.3 Å². The number of hydrogen-bond donors (Lipinski definition) is 1. The van der Waals surface area contributed by atoms with Gasteiger partial charge in [0.25, 0.3) is 0 Å². The number of nitrogens with zero attached hydrogens (tertiary/aromatic N) is 1. The first-order valence-electron chi connectivity index (χ1n) is 4.81. The van der Waals surface area contributed by atoms with Crippen LogP contribution >= 0.6 is 11.6 Å². The molecule has 0 bridgehead atoms. The Kier molecular flexibility index (Phi) is 3.90. The number of halogens is 1. The summed E-state index contributed by atoms with van der Waals surface area (Å²) in [6, 6.07) is 1.87. The van der Waals surface area contributed by atoms with E-state index < -0.39 is 6.10 Å². The highest BCUT2D eigenvalue weighted by atomic mass is 35.5. The van der Waals surface area contributed by atoms with Crippen LogP contribution in [0.15, 0.2) is 18.5 Å². The zero-order chi connectivity index (χ0) is 10.7. The van der Waals surface area contributed by atoms with Crippen molar-refractivity contribution in [2.75, 3.05) is 0 Å². The van der Waals surface area contributed by atoms with E-state index >= 15 is 0 Å². The lowest BCUT2D eigenvalue weighted by molar-refractivity contribution is 0.140. The summed E-state index contributed by atoms with van der Waals surface area (Å²) < 4.78 is 0. The van der Waals surface area contributed by atoms with Crippen LogP contribution in [0.1, 0.15) is 32.3 Å². The van der Waals surface area contributed by atoms with Crippen LogP contribution in [-0.4, -0.2) is 16.2 Å². The van der Waals surface area contributed by atoms with Crippen molar-refractivity contribution in [2.24, 2.45) is 5.92 Å². The fourth-order valence-corrected chi connectivity index (χ4v) is 2.08. The van der Waals surface area contributed by atoms with Crippen molar-refractivity contribution in [1.29, 1.82) is 0 Å². The highest BCUT2D eigenvalue weighted by molar-refractivity contribution is 6.31. The van der Waals surface area contributed by atoms with Crippen molar-refractivity contribution in [2.45, 2.75) is 32.8 Å². The Labute approximate surface area is 89.9 Å². The van der Waals surface area contributed by atoms with Crippen LogP contribution in [0.2, 0.25) is 5.02 Å². The molecule has 1 heterocycles. The van der Waals surface area contributed by atoms with E-state index in [-0.39, 0.29) is 5.92 Å². The van der Waals surface area contributed by atoms with Crippen LogP contribution in [0.5, 0.6) is 0 Å². The lowest BCUT2D eigenvalue weighted by Crippen LogP contribution is -2.20. The molecule has 0 saturated carbocycles. The van der Waals surface area contributed by atoms with Crippen LogP contribution in [-0.2, 0) is 0 Å². The van der Waals surface area contributed by atoms with Gasteiger partial charge in [-0.3, -0.25) is 4.98 Å². The monoisotopic (exact) mass is 213 g/mol. The van der Waals surface area contributed by atoms with Crippen molar-refractivity contribution >= 4 is 11.6 Å². The molecular formula is C11H16ClNO. The smallest absolute Gasteiger partial charge is 0.0625 e. The Balaban J connectivity index is 3.05. The fourth-order valence-electron chi connectivity index (χ4n) is 1.83. The van der Waals surface area contributed by atoms with Crippen molar-refractivity contribution in [3.05, 3.63) is 29.0 Å². The fraction of sp³-hybridized carbons (Fsp3) is 0.545. The average Bonchev–Trinajstić information content (AvgIpc) is 2.07. The number of aliphatic hydroxyl groups is 1. The molecule has 0 saturated heterocycles. The quantitative estimate of drug-likeness (QED) is 0.838. The van der Waals surface area contributed by atoms with Crippen LogP contribution in [0, 0.1) is 5.92 Å². The van der Waals surface area contributed by atoms with Gasteiger partial charge in [-0.2, -0.15) is 0 Å². The third kappa shape index (κ3) is 2.46. The lowest BCUT2D eigenvalue weighted by Gasteiger charge is -2.24. The molecule has 0 spiro atoms. The standard InChI is InChI=1S/C11H16ClNO/c1-7(2)11(8(3)14)9-4-5-13-6-10(9)12/h4-8,11,14H,1-3H3. The lowest BCUT2D eigenvalue weighted by atomic mass is 9.85. The Morgan fingerprint density at radius 3 is 2.43 bits per heavy atom. The maximum atomic E-state index is 9.68. The molecule has 0 amide bonds. The predicted octanol–water partition coefficient (Wildman–Crippen LogP) is 2.86. The topological polar surface area (TPSA) is 33.1 Å². The molecule has 0 aliphatic carbocycles. The van der Waals surface area contributed by atoms with E-state index in [1.165, 1.54) is 0 Å². The molecule has 1 aromatic rings. The molecule has 0 fully saturated rings. The van der Waals surface area contributed by atoms with E-state index in [1.807, 2.05) is 6.07 Å². The third-order valence-electron chi connectivity index (χ3n) is 2.40. The highest BCUT2D eigenvalue weighted by Crippen LogP contribution is 2.32. The molecule has 0 radical (unpaired) electrons. The molecular weight excluding hydrogens is 198 g/mol. The summed E-state index contributed by atoms with van der Waals surface area (Å²) in [5.74, 6) is 0.431. The van der Waals surface area contributed by atoms with E-state index in [0.717, 1.165) is 5.56 Å². The van der Waals surface area contributed by atoms with E-state index in [4.69, 9.17) is 11.6 Å². The number of rotatable bonds is 3. The Hall–Kier alpha value is -0.600. The van der Waals surface area contributed by atoms with Gasteiger partial charge in [0.2, 0.25) is 0 Å². The first kappa shape index (κ1) is 11.5. The number of pyridine rings is 1. The minimum absolute atomic E-state index is 0.0745. The molecule has 1 N–H and O–H groups in total. The summed E-state index contributed by atoms with van der Waals surface area (Å²) in [7, 11) is 0. The van der Waals surface area contributed by atoms with Gasteiger partial charge in [-0.1, -0.05) is 25.4 Å². The molecule has 0 aliphatic heterocycles. The zero-order valence-corrected chi connectivity index (χ0v) is 9.49. The van der Waals surface area contributed by atoms with Gasteiger partial charge in [-0.15, -0.1) is 0 Å². The van der Waals surface area contributed by atoms with Crippen molar-refractivity contribution in [3.8, 4) is 0 Å². The number of hydrogen-bond acceptors (Lipinski definition) is 2. The van der Waals surface area contributed by atoms with Crippen LogP contribution in [0.3, 0.4) is 0 Å². The Bertz CT molecular complexity index is 291. The molecule has 0 aliphatic rings. The molecule has 2 unspecified atom stereocenters. The molecule has 2 atom stereocenters. The second kappa shape index (κ2) is 4.76. The van der Waals surface area contributed by atoms with Gasteiger partial charge in [0.05, 0.1) is 11.1 Å². The number of aromatic nitrogens is 1. The van der Waals surface area contributed by atoms with Crippen molar-refractivity contribution in [1.82, 2.24) is 4.98 Å². The van der Waals surface area contributed by atoms with E-state index in [2.05, 4.69) is 18.8 Å². The van der Waals surface area contributed by atoms with Gasteiger partial charge in [0.1, 0.15) is 0 Å². The van der Waals surface area contributed by atoms with Gasteiger partial charge in [-0.05, 0) is 24.5 Å². The van der Waals surface area contributed by atoms with Crippen LogP contribution in [0.25, 0.3) is 0 Å². The molecule has 1 rings (SSSR count). The second-order valence-electron chi connectivity index (χ2n) is 3.91. The molecule has 14 heavy (non-hydrogen) atoms. The maximum absolute atomic E-state index is 9.68. The molecule has 1 aromatic heterocycles. The van der Waals surface area contributed by atoms with E-state index in [0.29, 0.717) is 10.9 Å². The van der Waals surface area contributed by atoms with Crippen molar-refractivity contribution < 1.29 is 5.11 Å². The molecule has 3 heteroatoms. The second-order valence-corrected chi connectivity index (χ2v) is 4.31. The maximum Gasteiger partial charge on any atom is 0.0625 e. The SMILES string of the molecule is CC(C)C(c1ccncc1Cl)C(C)O. The summed E-state index contributed by atoms with van der Waals surface area (Å²) in [5.41, 5.74) is 0.978. The normalized spacial score (nSPS) is 15.6.